The monoisotopic (exact) mass is 309 g/mol. The van der Waals surface area contributed by atoms with Crippen LogP contribution in [0, 0.1) is 0 Å². The normalized spacial score (nSPS) is 23.5. The number of likely N-dealkylation sites (tertiary alicyclic amines) is 1. The summed E-state index contributed by atoms with van der Waals surface area (Å²) in [5.74, 6) is 2.51. The summed E-state index contributed by atoms with van der Waals surface area (Å²) >= 11 is 0. The van der Waals surface area contributed by atoms with Crippen LogP contribution in [0.2, 0.25) is 0 Å². The number of benzene rings is 2. The molecule has 2 heterocycles. The van der Waals surface area contributed by atoms with E-state index in [-0.39, 0.29) is 0 Å². The maximum absolute atomic E-state index is 6.18. The summed E-state index contributed by atoms with van der Waals surface area (Å²) in [6.45, 7) is 2.55. The van der Waals surface area contributed by atoms with Crippen molar-refractivity contribution in [2.75, 3.05) is 20.2 Å². The molecule has 0 amide bonds. The zero-order chi connectivity index (χ0) is 15.6. The number of hydrogen-bond donors (Lipinski definition) is 0. The van der Waals surface area contributed by atoms with Gasteiger partial charge in [0.05, 0.1) is 6.04 Å². The summed E-state index contributed by atoms with van der Waals surface area (Å²) in [5, 5.41) is 0. The minimum atomic E-state index is 0.470. The Morgan fingerprint density at radius 3 is 2.87 bits per heavy atom. The van der Waals surface area contributed by atoms with Crippen LogP contribution in [0.4, 0.5) is 0 Å². The lowest BCUT2D eigenvalue weighted by Crippen LogP contribution is -2.47. The molecule has 1 saturated heterocycles. The van der Waals surface area contributed by atoms with Crippen LogP contribution in [0.3, 0.4) is 0 Å². The predicted octanol–water partition coefficient (Wildman–Crippen LogP) is 3.84. The molecular formula is C20H23NO2. The lowest BCUT2D eigenvalue weighted by Gasteiger charge is -2.43. The predicted molar refractivity (Wildman–Crippen MR) is 91.1 cm³/mol. The van der Waals surface area contributed by atoms with E-state index in [4.69, 9.17) is 9.47 Å². The third-order valence-electron chi connectivity index (χ3n) is 5.10. The SMILES string of the molecule is CN1CCC[C@H]2c3c(OCc4ccccc4)cccc3OC[C@@H]21. The van der Waals surface area contributed by atoms with Crippen LogP contribution in [-0.2, 0) is 6.61 Å². The quantitative estimate of drug-likeness (QED) is 0.860. The Bertz CT molecular complexity index is 671. The molecule has 120 valence electrons. The Morgan fingerprint density at radius 1 is 1.13 bits per heavy atom. The summed E-state index contributed by atoms with van der Waals surface area (Å²) in [6, 6.07) is 17.0. The van der Waals surface area contributed by atoms with E-state index in [1.165, 1.54) is 24.0 Å². The highest BCUT2D eigenvalue weighted by molar-refractivity contribution is 5.49. The molecule has 0 unspecified atom stereocenters. The summed E-state index contributed by atoms with van der Waals surface area (Å²) in [6.07, 6.45) is 2.46. The molecule has 0 N–H and O–H groups in total. The van der Waals surface area contributed by atoms with Crippen LogP contribution >= 0.6 is 0 Å². The number of nitrogens with zero attached hydrogens (tertiary/aromatic N) is 1. The van der Waals surface area contributed by atoms with Crippen molar-refractivity contribution in [1.29, 1.82) is 0 Å². The van der Waals surface area contributed by atoms with E-state index in [1.54, 1.807) is 0 Å². The van der Waals surface area contributed by atoms with Gasteiger partial charge in [0, 0.05) is 11.5 Å². The number of rotatable bonds is 3. The molecule has 2 aromatic carbocycles. The fourth-order valence-corrected chi connectivity index (χ4v) is 3.86. The van der Waals surface area contributed by atoms with Gasteiger partial charge in [0.1, 0.15) is 24.7 Å². The van der Waals surface area contributed by atoms with E-state index >= 15 is 0 Å². The standard InChI is InChI=1S/C20H23NO2/c1-21-12-6-9-16-17(21)14-23-19-11-5-10-18(20(16)19)22-13-15-7-3-2-4-8-15/h2-5,7-8,10-11,16-17H,6,9,12-14H2,1H3/t16-,17+/m1/s1. The van der Waals surface area contributed by atoms with E-state index in [9.17, 15) is 0 Å². The second-order valence-electron chi connectivity index (χ2n) is 6.55. The molecule has 0 spiro atoms. The number of fused-ring (bicyclic) bond motifs is 3. The molecule has 0 aliphatic carbocycles. The molecule has 23 heavy (non-hydrogen) atoms. The van der Waals surface area contributed by atoms with Crippen LogP contribution in [0.15, 0.2) is 48.5 Å². The number of hydrogen-bond acceptors (Lipinski definition) is 3. The first-order chi connectivity index (χ1) is 11.3. The van der Waals surface area contributed by atoms with Gasteiger partial charge in [-0.05, 0) is 44.1 Å². The third kappa shape index (κ3) is 2.81. The van der Waals surface area contributed by atoms with Gasteiger partial charge in [-0.3, -0.25) is 4.90 Å². The first-order valence-electron chi connectivity index (χ1n) is 8.45. The second kappa shape index (κ2) is 6.25. The van der Waals surface area contributed by atoms with Gasteiger partial charge in [-0.15, -0.1) is 0 Å². The fraction of sp³-hybridized carbons (Fsp3) is 0.400. The maximum Gasteiger partial charge on any atom is 0.127 e. The lowest BCUT2D eigenvalue weighted by molar-refractivity contribution is 0.0845. The minimum absolute atomic E-state index is 0.470. The Kier molecular flexibility index (Phi) is 3.96. The molecule has 3 nitrogen and oxygen atoms in total. The molecule has 2 aliphatic rings. The second-order valence-corrected chi connectivity index (χ2v) is 6.55. The van der Waals surface area contributed by atoms with Crippen LogP contribution in [-0.4, -0.2) is 31.1 Å². The summed E-state index contributed by atoms with van der Waals surface area (Å²) in [7, 11) is 2.21. The molecule has 2 atom stereocenters. The van der Waals surface area contributed by atoms with E-state index < -0.39 is 0 Å². The Balaban J connectivity index is 1.62. The third-order valence-corrected chi connectivity index (χ3v) is 5.10. The zero-order valence-corrected chi connectivity index (χ0v) is 13.6. The number of likely N-dealkylation sites (N-methyl/N-ethyl adjacent to an activating group) is 1. The Morgan fingerprint density at radius 2 is 2.00 bits per heavy atom. The van der Waals surface area contributed by atoms with Crippen molar-refractivity contribution in [3.8, 4) is 11.5 Å². The molecule has 0 radical (unpaired) electrons. The Hall–Kier alpha value is -2.00. The average Bonchev–Trinajstić information content (AvgIpc) is 2.61. The smallest absolute Gasteiger partial charge is 0.127 e. The number of ether oxygens (including phenoxy) is 2. The molecule has 0 saturated carbocycles. The van der Waals surface area contributed by atoms with Gasteiger partial charge in [0.15, 0.2) is 0 Å². The fourth-order valence-electron chi connectivity index (χ4n) is 3.86. The molecular weight excluding hydrogens is 286 g/mol. The van der Waals surface area contributed by atoms with Crippen LogP contribution in [0.5, 0.6) is 11.5 Å². The van der Waals surface area contributed by atoms with Gasteiger partial charge in [-0.2, -0.15) is 0 Å². The first kappa shape index (κ1) is 14.6. The molecule has 3 heteroatoms. The topological polar surface area (TPSA) is 21.7 Å². The van der Waals surface area contributed by atoms with Gasteiger partial charge in [0.25, 0.3) is 0 Å². The molecule has 4 rings (SSSR count). The van der Waals surface area contributed by atoms with Crippen molar-refractivity contribution >= 4 is 0 Å². The summed E-state index contributed by atoms with van der Waals surface area (Å²) < 4.78 is 12.2. The van der Waals surface area contributed by atoms with Crippen LogP contribution < -0.4 is 9.47 Å². The summed E-state index contributed by atoms with van der Waals surface area (Å²) in [4.78, 5) is 2.44. The van der Waals surface area contributed by atoms with Crippen molar-refractivity contribution in [2.24, 2.45) is 0 Å². The van der Waals surface area contributed by atoms with E-state index in [0.717, 1.165) is 24.7 Å². The molecule has 0 aromatic heterocycles. The van der Waals surface area contributed by atoms with Gasteiger partial charge in [-0.1, -0.05) is 36.4 Å². The van der Waals surface area contributed by atoms with Gasteiger partial charge in [-0.25, -0.2) is 0 Å². The van der Waals surface area contributed by atoms with Crippen molar-refractivity contribution in [1.82, 2.24) is 4.90 Å². The highest BCUT2D eigenvalue weighted by Crippen LogP contribution is 2.45. The van der Waals surface area contributed by atoms with Gasteiger partial charge in [0.2, 0.25) is 0 Å². The van der Waals surface area contributed by atoms with Crippen LogP contribution in [0.25, 0.3) is 0 Å². The summed E-state index contributed by atoms with van der Waals surface area (Å²) in [5.41, 5.74) is 2.46. The number of piperidine rings is 1. The average molecular weight is 309 g/mol. The highest BCUT2D eigenvalue weighted by atomic mass is 16.5. The van der Waals surface area contributed by atoms with Crippen molar-refractivity contribution in [3.63, 3.8) is 0 Å². The van der Waals surface area contributed by atoms with Gasteiger partial charge < -0.3 is 9.47 Å². The van der Waals surface area contributed by atoms with E-state index in [2.05, 4.69) is 36.2 Å². The van der Waals surface area contributed by atoms with Crippen molar-refractivity contribution < 1.29 is 9.47 Å². The van der Waals surface area contributed by atoms with Crippen molar-refractivity contribution in [2.45, 2.75) is 31.4 Å². The Labute approximate surface area is 137 Å². The zero-order valence-electron chi connectivity index (χ0n) is 13.6. The first-order valence-corrected chi connectivity index (χ1v) is 8.45. The lowest BCUT2D eigenvalue weighted by atomic mass is 9.81. The molecule has 1 fully saturated rings. The molecule has 2 aliphatic heterocycles. The maximum atomic E-state index is 6.18. The van der Waals surface area contributed by atoms with E-state index in [0.29, 0.717) is 18.6 Å². The van der Waals surface area contributed by atoms with E-state index in [1.807, 2.05) is 24.3 Å². The minimum Gasteiger partial charge on any atom is -0.491 e. The largest absolute Gasteiger partial charge is 0.491 e. The molecule has 0 bridgehead atoms. The van der Waals surface area contributed by atoms with Crippen molar-refractivity contribution in [3.05, 3.63) is 59.7 Å². The highest BCUT2D eigenvalue weighted by Gasteiger charge is 2.37. The van der Waals surface area contributed by atoms with Gasteiger partial charge >= 0.3 is 0 Å². The van der Waals surface area contributed by atoms with Crippen LogP contribution in [0.1, 0.15) is 29.9 Å². The molecule has 2 aromatic rings.